The van der Waals surface area contributed by atoms with E-state index in [2.05, 4.69) is 22.4 Å². The van der Waals surface area contributed by atoms with Crippen LogP contribution in [-0.2, 0) is 6.42 Å². The summed E-state index contributed by atoms with van der Waals surface area (Å²) in [5, 5.41) is 9.93. The van der Waals surface area contributed by atoms with Gasteiger partial charge in [0.15, 0.2) is 5.50 Å². The van der Waals surface area contributed by atoms with Crippen molar-refractivity contribution in [2.24, 2.45) is 16.0 Å². The lowest BCUT2D eigenvalue weighted by atomic mass is 10.1. The van der Waals surface area contributed by atoms with Gasteiger partial charge in [-0.3, -0.25) is 5.73 Å². The van der Waals surface area contributed by atoms with E-state index in [1.165, 1.54) is 17.3 Å². The number of nitrogens with two attached hydrogens (primary N) is 1. The quantitative estimate of drug-likeness (QED) is 0.806. The Morgan fingerprint density at radius 1 is 1.29 bits per heavy atom. The maximum absolute atomic E-state index is 5.55. The molecule has 0 saturated heterocycles. The number of allylic oxidation sites excluding steroid dienone is 1. The Morgan fingerprint density at radius 2 is 2.07 bits per heavy atom. The summed E-state index contributed by atoms with van der Waals surface area (Å²) in [5.41, 5.74) is 7.54. The minimum atomic E-state index is -0.227. The molecule has 1 aromatic carbocycles. The minimum Gasteiger partial charge on any atom is -0.299 e. The molecule has 1 heterocycles. The summed E-state index contributed by atoms with van der Waals surface area (Å²) in [6.07, 6.45) is 0.823. The highest BCUT2D eigenvalue weighted by Gasteiger charge is 2.06. The zero-order valence-electron chi connectivity index (χ0n) is 7.63. The SMILES string of the molecule is NC1N=NC(Cc2ccccc2)=CS1. The predicted octanol–water partition coefficient (Wildman–Crippen LogP) is 2.51. The first kappa shape index (κ1) is 9.43. The molecule has 1 aliphatic rings. The van der Waals surface area contributed by atoms with Crippen molar-refractivity contribution in [2.45, 2.75) is 11.9 Å². The Kier molecular flexibility index (Phi) is 2.96. The van der Waals surface area contributed by atoms with Gasteiger partial charge in [0.2, 0.25) is 0 Å². The van der Waals surface area contributed by atoms with Crippen molar-refractivity contribution in [2.75, 3.05) is 0 Å². The molecule has 4 heteroatoms. The molecule has 72 valence electrons. The first-order valence-electron chi connectivity index (χ1n) is 4.39. The predicted molar refractivity (Wildman–Crippen MR) is 58.7 cm³/mol. The highest BCUT2D eigenvalue weighted by atomic mass is 32.2. The van der Waals surface area contributed by atoms with E-state index in [0.29, 0.717) is 0 Å². The molecule has 1 atom stereocenters. The largest absolute Gasteiger partial charge is 0.299 e. The van der Waals surface area contributed by atoms with Crippen LogP contribution in [0.2, 0.25) is 0 Å². The number of hydrogen-bond donors (Lipinski definition) is 1. The Bertz CT molecular complexity index is 359. The highest BCUT2D eigenvalue weighted by molar-refractivity contribution is 8.02. The molecule has 0 bridgehead atoms. The molecule has 0 aromatic heterocycles. The third-order valence-corrected chi connectivity index (χ3v) is 2.65. The summed E-state index contributed by atoms with van der Waals surface area (Å²) >= 11 is 1.50. The molecule has 1 aromatic rings. The third-order valence-electron chi connectivity index (χ3n) is 1.87. The number of azo groups is 1. The molecular weight excluding hydrogens is 194 g/mol. The van der Waals surface area contributed by atoms with Crippen LogP contribution in [0.4, 0.5) is 0 Å². The summed E-state index contributed by atoms with van der Waals surface area (Å²) in [6, 6.07) is 10.2. The molecule has 14 heavy (non-hydrogen) atoms. The van der Waals surface area contributed by atoms with Gasteiger partial charge in [-0.05, 0) is 11.0 Å². The van der Waals surface area contributed by atoms with Crippen molar-refractivity contribution in [3.8, 4) is 0 Å². The summed E-state index contributed by atoms with van der Waals surface area (Å²) in [7, 11) is 0. The van der Waals surface area contributed by atoms with Crippen molar-refractivity contribution in [3.05, 3.63) is 47.0 Å². The summed E-state index contributed by atoms with van der Waals surface area (Å²) < 4.78 is 0. The fourth-order valence-electron chi connectivity index (χ4n) is 1.21. The normalized spacial score (nSPS) is 20.6. The number of nitrogens with zero attached hydrogens (tertiary/aromatic N) is 2. The van der Waals surface area contributed by atoms with Crippen molar-refractivity contribution in [3.63, 3.8) is 0 Å². The molecule has 0 spiro atoms. The summed E-state index contributed by atoms with van der Waals surface area (Å²) in [5.74, 6) is 0. The van der Waals surface area contributed by atoms with Gasteiger partial charge in [0.05, 0.1) is 5.70 Å². The van der Waals surface area contributed by atoms with Crippen molar-refractivity contribution < 1.29 is 0 Å². The summed E-state index contributed by atoms with van der Waals surface area (Å²) in [6.45, 7) is 0. The fourth-order valence-corrected chi connectivity index (χ4v) is 1.74. The van der Waals surface area contributed by atoms with E-state index in [4.69, 9.17) is 5.73 Å². The zero-order valence-corrected chi connectivity index (χ0v) is 8.45. The number of hydrogen-bond acceptors (Lipinski definition) is 4. The van der Waals surface area contributed by atoms with E-state index in [1.807, 2.05) is 23.6 Å². The van der Waals surface area contributed by atoms with Gasteiger partial charge in [0, 0.05) is 6.42 Å². The maximum Gasteiger partial charge on any atom is 0.169 e. The third kappa shape index (κ3) is 2.43. The molecule has 0 aliphatic carbocycles. The maximum atomic E-state index is 5.55. The molecule has 1 aliphatic heterocycles. The molecule has 0 fully saturated rings. The Morgan fingerprint density at radius 3 is 2.71 bits per heavy atom. The molecule has 0 saturated carbocycles. The lowest BCUT2D eigenvalue weighted by molar-refractivity contribution is 0.858. The average molecular weight is 205 g/mol. The van der Waals surface area contributed by atoms with Gasteiger partial charge in [-0.15, -0.1) is 0 Å². The van der Waals surface area contributed by atoms with Crippen molar-refractivity contribution in [1.29, 1.82) is 0 Å². The van der Waals surface area contributed by atoms with E-state index in [9.17, 15) is 0 Å². The number of benzene rings is 1. The molecule has 2 rings (SSSR count). The van der Waals surface area contributed by atoms with E-state index in [-0.39, 0.29) is 5.50 Å². The summed E-state index contributed by atoms with van der Waals surface area (Å²) in [4.78, 5) is 0. The van der Waals surface area contributed by atoms with Crippen molar-refractivity contribution in [1.82, 2.24) is 0 Å². The minimum absolute atomic E-state index is 0.227. The van der Waals surface area contributed by atoms with Gasteiger partial charge >= 0.3 is 0 Å². The van der Waals surface area contributed by atoms with E-state index in [1.54, 1.807) is 0 Å². The molecule has 0 radical (unpaired) electrons. The van der Waals surface area contributed by atoms with Crippen LogP contribution >= 0.6 is 11.8 Å². The van der Waals surface area contributed by atoms with Gasteiger partial charge in [-0.25, -0.2) is 0 Å². The Balaban J connectivity index is 2.03. The second-order valence-electron chi connectivity index (χ2n) is 3.01. The van der Waals surface area contributed by atoms with Crippen LogP contribution in [-0.4, -0.2) is 5.50 Å². The monoisotopic (exact) mass is 205 g/mol. The molecule has 0 amide bonds. The van der Waals surface area contributed by atoms with Gasteiger partial charge < -0.3 is 0 Å². The lowest BCUT2D eigenvalue weighted by Crippen LogP contribution is -2.12. The Labute approximate surface area is 87.1 Å². The van der Waals surface area contributed by atoms with Crippen LogP contribution in [0.15, 0.2) is 51.7 Å². The van der Waals surface area contributed by atoms with Crippen LogP contribution in [0.1, 0.15) is 5.56 Å². The zero-order chi connectivity index (χ0) is 9.80. The van der Waals surface area contributed by atoms with Crippen LogP contribution in [0.5, 0.6) is 0 Å². The number of thioether (sulfide) groups is 1. The Hall–Kier alpha value is -1.13. The molecule has 3 nitrogen and oxygen atoms in total. The standard InChI is InChI=1S/C10H11N3S/c11-10-13-12-9(7-14-10)6-8-4-2-1-3-5-8/h1-5,7,10H,6,11H2. The van der Waals surface area contributed by atoms with E-state index < -0.39 is 0 Å². The second kappa shape index (κ2) is 4.39. The van der Waals surface area contributed by atoms with Crippen molar-refractivity contribution >= 4 is 11.8 Å². The second-order valence-corrected chi connectivity index (χ2v) is 4.00. The molecule has 1 unspecified atom stereocenters. The lowest BCUT2D eigenvalue weighted by Gasteiger charge is -2.08. The van der Waals surface area contributed by atoms with Gasteiger partial charge in [-0.1, -0.05) is 42.1 Å². The van der Waals surface area contributed by atoms with Gasteiger partial charge in [-0.2, -0.15) is 10.2 Å². The van der Waals surface area contributed by atoms with Gasteiger partial charge in [0.1, 0.15) is 0 Å². The number of rotatable bonds is 2. The van der Waals surface area contributed by atoms with Crippen LogP contribution in [0, 0.1) is 0 Å². The highest BCUT2D eigenvalue weighted by Crippen LogP contribution is 2.21. The average Bonchev–Trinajstić information content (AvgIpc) is 2.23. The topological polar surface area (TPSA) is 50.7 Å². The van der Waals surface area contributed by atoms with E-state index >= 15 is 0 Å². The first-order valence-corrected chi connectivity index (χ1v) is 5.34. The fraction of sp³-hybridized carbons (Fsp3) is 0.200. The molecule has 2 N–H and O–H groups in total. The van der Waals surface area contributed by atoms with Gasteiger partial charge in [0.25, 0.3) is 0 Å². The van der Waals surface area contributed by atoms with Crippen LogP contribution < -0.4 is 5.73 Å². The molecular formula is C10H11N3S. The van der Waals surface area contributed by atoms with Crippen LogP contribution in [0.25, 0.3) is 0 Å². The smallest absolute Gasteiger partial charge is 0.169 e. The van der Waals surface area contributed by atoms with Crippen LogP contribution in [0.3, 0.4) is 0 Å². The van der Waals surface area contributed by atoms with E-state index in [0.717, 1.165) is 12.1 Å². The first-order chi connectivity index (χ1) is 6.84.